The van der Waals surface area contributed by atoms with Crippen LogP contribution in [0.3, 0.4) is 0 Å². The predicted octanol–water partition coefficient (Wildman–Crippen LogP) is 11.5. The van der Waals surface area contributed by atoms with Crippen LogP contribution in [0.5, 0.6) is 0 Å². The molecular formula is C37H64O. The second kappa shape index (κ2) is 13.6. The summed E-state index contributed by atoms with van der Waals surface area (Å²) in [6.07, 6.45) is 36.7. The molecule has 0 aromatic heterocycles. The Bertz CT molecular complexity index is 705. The monoisotopic (exact) mass is 524 g/mol. The maximum atomic E-state index is 13.8. The molecular weight excluding hydrogens is 460 g/mol. The fourth-order valence-electron chi connectivity index (χ4n) is 10.9. The molecule has 0 heterocycles. The SMILES string of the molecule is CCCCCCCCC1CCC(C2CCC3(CC2)CC2(CCC(C4CCC(CCC)CC4)CC2)C3=O)CC1. The fourth-order valence-corrected chi connectivity index (χ4v) is 10.9. The number of unbranched alkanes of at least 4 members (excludes halogenated alkanes) is 5. The van der Waals surface area contributed by atoms with Gasteiger partial charge in [0.25, 0.3) is 0 Å². The Kier molecular flexibility index (Phi) is 10.4. The number of ketones is 1. The van der Waals surface area contributed by atoms with Gasteiger partial charge in [0, 0.05) is 10.8 Å². The summed E-state index contributed by atoms with van der Waals surface area (Å²) < 4.78 is 0. The number of Topliss-reactive ketones (excluding diaryl/α,β-unsaturated/α-hetero) is 1. The van der Waals surface area contributed by atoms with Crippen LogP contribution in [0.15, 0.2) is 0 Å². The zero-order chi connectivity index (χ0) is 26.4. The van der Waals surface area contributed by atoms with Crippen molar-refractivity contribution in [3.8, 4) is 0 Å². The average molecular weight is 525 g/mol. The van der Waals surface area contributed by atoms with Gasteiger partial charge in [0.05, 0.1) is 0 Å². The Balaban J connectivity index is 0.984. The van der Waals surface area contributed by atoms with Crippen molar-refractivity contribution in [2.24, 2.45) is 46.3 Å². The first-order chi connectivity index (χ1) is 18.6. The molecule has 5 saturated carbocycles. The summed E-state index contributed by atoms with van der Waals surface area (Å²) in [4.78, 5) is 13.8. The lowest BCUT2D eigenvalue weighted by Crippen LogP contribution is -2.60. The summed E-state index contributed by atoms with van der Waals surface area (Å²) in [5, 5.41) is 0. The molecule has 0 aliphatic heterocycles. The van der Waals surface area contributed by atoms with Crippen molar-refractivity contribution in [2.75, 3.05) is 0 Å². The molecule has 0 radical (unpaired) electrons. The van der Waals surface area contributed by atoms with E-state index in [0.717, 1.165) is 41.3 Å². The minimum Gasteiger partial charge on any atom is -0.298 e. The van der Waals surface area contributed by atoms with Crippen molar-refractivity contribution in [1.29, 1.82) is 0 Å². The van der Waals surface area contributed by atoms with Gasteiger partial charge in [-0.25, -0.2) is 0 Å². The van der Waals surface area contributed by atoms with Gasteiger partial charge in [-0.15, -0.1) is 0 Å². The van der Waals surface area contributed by atoms with E-state index in [9.17, 15) is 4.79 Å². The lowest BCUT2D eigenvalue weighted by molar-refractivity contribution is -0.170. The third kappa shape index (κ3) is 6.59. The van der Waals surface area contributed by atoms with Gasteiger partial charge in [0.15, 0.2) is 0 Å². The molecule has 5 rings (SSSR count). The summed E-state index contributed by atoms with van der Waals surface area (Å²) in [6, 6.07) is 0. The van der Waals surface area contributed by atoms with E-state index in [1.807, 2.05) is 0 Å². The Morgan fingerprint density at radius 2 is 0.921 bits per heavy atom. The highest BCUT2D eigenvalue weighted by atomic mass is 16.1. The molecule has 2 spiro atoms. The smallest absolute Gasteiger partial charge is 0.145 e. The van der Waals surface area contributed by atoms with Crippen LogP contribution in [0.4, 0.5) is 0 Å². The molecule has 38 heavy (non-hydrogen) atoms. The van der Waals surface area contributed by atoms with Gasteiger partial charge in [0.1, 0.15) is 5.78 Å². The lowest BCUT2D eigenvalue weighted by atomic mass is 9.42. The molecule has 0 aromatic rings. The van der Waals surface area contributed by atoms with Gasteiger partial charge in [-0.3, -0.25) is 4.79 Å². The summed E-state index contributed by atoms with van der Waals surface area (Å²) in [6.45, 7) is 4.67. The summed E-state index contributed by atoms with van der Waals surface area (Å²) >= 11 is 0. The number of carbonyl (C=O) groups excluding carboxylic acids is 1. The van der Waals surface area contributed by atoms with Gasteiger partial charge in [0.2, 0.25) is 0 Å². The Morgan fingerprint density at radius 3 is 1.37 bits per heavy atom. The maximum Gasteiger partial charge on any atom is 0.145 e. The van der Waals surface area contributed by atoms with Gasteiger partial charge < -0.3 is 0 Å². The zero-order valence-corrected chi connectivity index (χ0v) is 25.8. The molecule has 5 fully saturated rings. The maximum absolute atomic E-state index is 13.8. The van der Waals surface area contributed by atoms with Crippen LogP contribution >= 0.6 is 0 Å². The first-order valence-electron chi connectivity index (χ1n) is 18.1. The molecule has 0 N–H and O–H groups in total. The minimum absolute atomic E-state index is 0.135. The van der Waals surface area contributed by atoms with E-state index in [4.69, 9.17) is 0 Å². The highest BCUT2D eigenvalue weighted by Gasteiger charge is 2.63. The molecule has 0 unspecified atom stereocenters. The van der Waals surface area contributed by atoms with Crippen LogP contribution in [-0.4, -0.2) is 5.78 Å². The Hall–Kier alpha value is -0.330. The van der Waals surface area contributed by atoms with Crippen molar-refractivity contribution in [3.63, 3.8) is 0 Å². The van der Waals surface area contributed by atoms with Gasteiger partial charge in [-0.1, -0.05) is 97.3 Å². The van der Waals surface area contributed by atoms with E-state index in [1.165, 1.54) is 167 Å². The largest absolute Gasteiger partial charge is 0.298 e. The molecule has 5 aliphatic rings. The topological polar surface area (TPSA) is 17.1 Å². The second-order valence-corrected chi connectivity index (χ2v) is 15.6. The Morgan fingerprint density at radius 1 is 0.500 bits per heavy atom. The molecule has 0 atom stereocenters. The van der Waals surface area contributed by atoms with Crippen LogP contribution in [0.1, 0.15) is 181 Å². The molecule has 1 heteroatoms. The van der Waals surface area contributed by atoms with E-state index in [1.54, 1.807) is 0 Å². The Labute approximate surface area is 237 Å². The number of rotatable bonds is 11. The predicted molar refractivity (Wildman–Crippen MR) is 162 cm³/mol. The second-order valence-electron chi connectivity index (χ2n) is 15.6. The van der Waals surface area contributed by atoms with Crippen LogP contribution in [0.2, 0.25) is 0 Å². The number of hydrogen-bond donors (Lipinski definition) is 0. The summed E-state index contributed by atoms with van der Waals surface area (Å²) in [7, 11) is 0. The number of hydrogen-bond acceptors (Lipinski definition) is 1. The van der Waals surface area contributed by atoms with E-state index in [2.05, 4.69) is 13.8 Å². The van der Waals surface area contributed by atoms with E-state index in [-0.39, 0.29) is 10.8 Å². The van der Waals surface area contributed by atoms with Crippen LogP contribution in [0.25, 0.3) is 0 Å². The van der Waals surface area contributed by atoms with Crippen molar-refractivity contribution >= 4 is 5.78 Å². The van der Waals surface area contributed by atoms with Crippen molar-refractivity contribution in [1.82, 2.24) is 0 Å². The normalized spacial score (nSPS) is 41.9. The van der Waals surface area contributed by atoms with Gasteiger partial charge in [-0.2, -0.15) is 0 Å². The highest BCUT2D eigenvalue weighted by Crippen LogP contribution is 2.65. The van der Waals surface area contributed by atoms with Crippen LogP contribution < -0.4 is 0 Å². The molecule has 0 amide bonds. The van der Waals surface area contributed by atoms with Crippen molar-refractivity contribution in [3.05, 3.63) is 0 Å². The van der Waals surface area contributed by atoms with E-state index < -0.39 is 0 Å². The van der Waals surface area contributed by atoms with Crippen LogP contribution in [0, 0.1) is 46.3 Å². The quantitative estimate of drug-likeness (QED) is 0.246. The molecule has 218 valence electrons. The van der Waals surface area contributed by atoms with Crippen molar-refractivity contribution < 1.29 is 4.79 Å². The minimum atomic E-state index is 0.135. The summed E-state index contributed by atoms with van der Waals surface area (Å²) in [5.41, 5.74) is 0.272. The van der Waals surface area contributed by atoms with E-state index in [0.29, 0.717) is 0 Å². The van der Waals surface area contributed by atoms with Gasteiger partial charge >= 0.3 is 0 Å². The average Bonchev–Trinajstić information content (AvgIpc) is 2.96. The first-order valence-corrected chi connectivity index (χ1v) is 18.1. The standard InChI is InChI=1S/C37H64O/c1-3-5-6-7-8-9-11-30-14-18-32(19-15-30)34-22-26-37(27-23-34)28-36(35(37)38)24-20-33(21-25-36)31-16-12-29(10-4-2)13-17-31/h29-34H,3-28H2,1-2H3. The molecule has 5 aliphatic carbocycles. The lowest BCUT2D eigenvalue weighted by Gasteiger charge is -2.60. The summed E-state index contributed by atoms with van der Waals surface area (Å²) in [5.74, 6) is 6.67. The first kappa shape index (κ1) is 29.2. The molecule has 0 saturated heterocycles. The van der Waals surface area contributed by atoms with Crippen molar-refractivity contribution in [2.45, 2.75) is 181 Å². The third-order valence-electron chi connectivity index (χ3n) is 13.4. The molecule has 0 bridgehead atoms. The molecule has 1 nitrogen and oxygen atoms in total. The van der Waals surface area contributed by atoms with E-state index >= 15 is 0 Å². The fraction of sp³-hybridized carbons (Fsp3) is 0.973. The number of carbonyl (C=O) groups is 1. The van der Waals surface area contributed by atoms with Crippen LogP contribution in [-0.2, 0) is 4.79 Å². The van der Waals surface area contributed by atoms with Gasteiger partial charge in [-0.05, 0) is 119 Å². The highest BCUT2D eigenvalue weighted by molar-refractivity contribution is 5.96. The molecule has 0 aromatic carbocycles. The zero-order valence-electron chi connectivity index (χ0n) is 25.8. The third-order valence-corrected chi connectivity index (χ3v) is 13.4.